The van der Waals surface area contributed by atoms with Gasteiger partial charge in [0.25, 0.3) is 0 Å². The molecule has 25 heavy (non-hydrogen) atoms. The van der Waals surface area contributed by atoms with Crippen LogP contribution in [0, 0.1) is 0 Å². The first-order chi connectivity index (χ1) is 12.3. The highest BCUT2D eigenvalue weighted by Crippen LogP contribution is 2.27. The lowest BCUT2D eigenvalue weighted by Gasteiger charge is -2.05. The number of aryl methyl sites for hydroxylation is 1. The fourth-order valence-corrected chi connectivity index (χ4v) is 3.22. The van der Waals surface area contributed by atoms with Gasteiger partial charge in [-0.3, -0.25) is 0 Å². The fourth-order valence-electron chi connectivity index (χ4n) is 3.22. The molecule has 0 bridgehead atoms. The average Bonchev–Trinajstić information content (AvgIpc) is 2.61. The van der Waals surface area contributed by atoms with Crippen LogP contribution in [0.15, 0.2) is 23.2 Å². The monoisotopic (exact) mass is 345 g/mol. The number of aromatic hydroxyl groups is 1. The van der Waals surface area contributed by atoms with E-state index >= 15 is 0 Å². The molecule has 0 fully saturated rings. The Labute approximate surface area is 153 Å². The average molecular weight is 346 g/mol. The molecule has 0 unspecified atom stereocenters. The fraction of sp³-hybridized carbons (Fsp3) is 0.682. The number of aliphatic imine (C=N–C) groups is 1. The van der Waals surface area contributed by atoms with Crippen LogP contribution in [-0.4, -0.2) is 11.2 Å². The smallest absolute Gasteiger partial charge is 0.240 e. The number of phenols is 1. The number of isocyanates is 1. The number of carbonyl (C=O) groups excluding carboxylic acids is 1. The summed E-state index contributed by atoms with van der Waals surface area (Å²) < 4.78 is 0. The van der Waals surface area contributed by atoms with Crippen LogP contribution in [0.5, 0.6) is 5.75 Å². The minimum atomic E-state index is 0.0653. The Hall–Kier alpha value is -1.60. The number of nitrogens with zero attached hydrogens (tertiary/aromatic N) is 1. The third-order valence-electron chi connectivity index (χ3n) is 4.77. The van der Waals surface area contributed by atoms with Crippen LogP contribution in [0.2, 0.25) is 0 Å². The quantitative estimate of drug-likeness (QED) is 0.211. The molecule has 0 radical (unpaired) electrons. The van der Waals surface area contributed by atoms with E-state index in [0.717, 1.165) is 18.4 Å². The minimum Gasteiger partial charge on any atom is -0.506 e. The van der Waals surface area contributed by atoms with Crippen LogP contribution >= 0.6 is 0 Å². The van der Waals surface area contributed by atoms with Gasteiger partial charge in [-0.05, 0) is 30.5 Å². The highest BCUT2D eigenvalue weighted by molar-refractivity contribution is 5.57. The summed E-state index contributed by atoms with van der Waals surface area (Å²) in [6.45, 7) is 2.27. The van der Waals surface area contributed by atoms with Gasteiger partial charge in [-0.15, -0.1) is 0 Å². The van der Waals surface area contributed by atoms with E-state index in [1.165, 1.54) is 83.1 Å². The maximum atomic E-state index is 10.2. The molecule has 3 nitrogen and oxygen atoms in total. The number of phenolic OH excluding ortho intramolecular Hbond substituents is 1. The van der Waals surface area contributed by atoms with E-state index in [4.69, 9.17) is 0 Å². The van der Waals surface area contributed by atoms with Gasteiger partial charge < -0.3 is 5.11 Å². The SMILES string of the molecule is CCCCCCCCCCCCCCCc1ccc(N=C=O)c(O)c1. The van der Waals surface area contributed by atoms with Crippen molar-refractivity contribution in [3.63, 3.8) is 0 Å². The van der Waals surface area contributed by atoms with E-state index < -0.39 is 0 Å². The summed E-state index contributed by atoms with van der Waals surface area (Å²) in [7, 11) is 0. The van der Waals surface area contributed by atoms with Gasteiger partial charge in [-0.1, -0.05) is 90.0 Å². The first-order valence-corrected chi connectivity index (χ1v) is 10.2. The predicted molar refractivity (Wildman–Crippen MR) is 105 cm³/mol. The number of unbranched alkanes of at least 4 members (excludes halogenated alkanes) is 12. The second-order valence-corrected chi connectivity index (χ2v) is 7.02. The van der Waals surface area contributed by atoms with Crippen molar-refractivity contribution in [3.8, 4) is 5.75 Å². The molecule has 0 saturated heterocycles. The van der Waals surface area contributed by atoms with Gasteiger partial charge in [-0.2, -0.15) is 4.99 Å². The molecule has 0 aliphatic heterocycles. The van der Waals surface area contributed by atoms with Crippen molar-refractivity contribution >= 4 is 11.8 Å². The molecular formula is C22H35NO2. The van der Waals surface area contributed by atoms with Crippen LogP contribution in [0.25, 0.3) is 0 Å². The Morgan fingerprint density at radius 1 is 0.840 bits per heavy atom. The summed E-state index contributed by atoms with van der Waals surface area (Å²) in [5, 5.41) is 9.75. The normalized spacial score (nSPS) is 10.6. The molecule has 3 heteroatoms. The van der Waals surface area contributed by atoms with E-state index in [2.05, 4.69) is 11.9 Å². The number of benzene rings is 1. The standard InChI is InChI=1S/C22H35NO2/c1-2-3-4-5-6-7-8-9-10-11-12-13-14-15-20-16-17-21(23-19-24)22(25)18-20/h16-18,25H,2-15H2,1H3. The lowest BCUT2D eigenvalue weighted by atomic mass is 10.0. The topological polar surface area (TPSA) is 49.7 Å². The zero-order chi connectivity index (χ0) is 18.2. The third-order valence-corrected chi connectivity index (χ3v) is 4.77. The molecule has 0 aliphatic rings. The van der Waals surface area contributed by atoms with E-state index in [1.54, 1.807) is 12.1 Å². The van der Waals surface area contributed by atoms with Crippen molar-refractivity contribution < 1.29 is 9.90 Å². The van der Waals surface area contributed by atoms with Crippen molar-refractivity contribution in [2.45, 2.75) is 96.8 Å². The van der Waals surface area contributed by atoms with Crippen LogP contribution in [0.4, 0.5) is 5.69 Å². The van der Waals surface area contributed by atoms with Gasteiger partial charge in [0.05, 0.1) is 0 Å². The molecule has 0 amide bonds. The highest BCUT2D eigenvalue weighted by Gasteiger charge is 2.02. The maximum absolute atomic E-state index is 10.2. The summed E-state index contributed by atoms with van der Waals surface area (Å²) in [6.07, 6.45) is 20.0. The molecule has 0 aliphatic carbocycles. The van der Waals surface area contributed by atoms with Crippen molar-refractivity contribution in [2.24, 2.45) is 4.99 Å². The summed E-state index contributed by atoms with van der Waals surface area (Å²) >= 11 is 0. The van der Waals surface area contributed by atoms with E-state index in [9.17, 15) is 9.90 Å². The Morgan fingerprint density at radius 2 is 1.36 bits per heavy atom. The Kier molecular flexibility index (Phi) is 12.6. The molecule has 0 spiro atoms. The first-order valence-electron chi connectivity index (χ1n) is 10.2. The van der Waals surface area contributed by atoms with Gasteiger partial charge in [-0.25, -0.2) is 4.79 Å². The Morgan fingerprint density at radius 3 is 1.84 bits per heavy atom. The summed E-state index contributed by atoms with van der Waals surface area (Å²) in [6, 6.07) is 5.31. The molecule has 0 aromatic heterocycles. The van der Waals surface area contributed by atoms with Crippen molar-refractivity contribution in [1.29, 1.82) is 0 Å². The summed E-state index contributed by atoms with van der Waals surface area (Å²) in [4.78, 5) is 13.7. The van der Waals surface area contributed by atoms with Crippen LogP contribution in [0.1, 0.15) is 96.0 Å². The van der Waals surface area contributed by atoms with Crippen molar-refractivity contribution in [2.75, 3.05) is 0 Å². The minimum absolute atomic E-state index is 0.0653. The summed E-state index contributed by atoms with van der Waals surface area (Å²) in [5.41, 5.74) is 1.40. The molecule has 0 saturated carbocycles. The van der Waals surface area contributed by atoms with Gasteiger partial charge in [0.15, 0.2) is 0 Å². The first kappa shape index (κ1) is 21.4. The molecule has 140 valence electrons. The molecule has 1 N–H and O–H groups in total. The van der Waals surface area contributed by atoms with E-state index in [0.29, 0.717) is 5.69 Å². The van der Waals surface area contributed by atoms with Gasteiger partial charge in [0.1, 0.15) is 11.4 Å². The van der Waals surface area contributed by atoms with Crippen molar-refractivity contribution in [3.05, 3.63) is 23.8 Å². The van der Waals surface area contributed by atoms with Crippen LogP contribution in [-0.2, 0) is 11.2 Å². The highest BCUT2D eigenvalue weighted by atomic mass is 16.3. The molecular weight excluding hydrogens is 310 g/mol. The molecule has 0 heterocycles. The summed E-state index contributed by atoms with van der Waals surface area (Å²) in [5.74, 6) is 0.0653. The molecule has 1 aromatic rings. The van der Waals surface area contributed by atoms with Crippen molar-refractivity contribution in [1.82, 2.24) is 0 Å². The number of rotatable bonds is 15. The molecule has 0 atom stereocenters. The van der Waals surface area contributed by atoms with E-state index in [-0.39, 0.29) is 5.75 Å². The second-order valence-electron chi connectivity index (χ2n) is 7.02. The maximum Gasteiger partial charge on any atom is 0.240 e. The zero-order valence-electron chi connectivity index (χ0n) is 15.9. The van der Waals surface area contributed by atoms with Crippen LogP contribution < -0.4 is 0 Å². The largest absolute Gasteiger partial charge is 0.506 e. The lowest BCUT2D eigenvalue weighted by Crippen LogP contribution is -1.87. The third kappa shape index (κ3) is 10.8. The predicted octanol–water partition coefficient (Wildman–Crippen LogP) is 6.99. The van der Waals surface area contributed by atoms with Crippen LogP contribution in [0.3, 0.4) is 0 Å². The van der Waals surface area contributed by atoms with Gasteiger partial charge >= 0.3 is 0 Å². The zero-order valence-corrected chi connectivity index (χ0v) is 15.9. The molecule has 1 rings (SSSR count). The van der Waals surface area contributed by atoms with Gasteiger partial charge in [0, 0.05) is 0 Å². The number of hydrogen-bond acceptors (Lipinski definition) is 3. The van der Waals surface area contributed by atoms with Gasteiger partial charge in [0.2, 0.25) is 6.08 Å². The Bertz CT molecular complexity index is 507. The second kappa shape index (κ2) is 14.7. The lowest BCUT2D eigenvalue weighted by molar-refractivity contribution is 0.475. The molecule has 1 aromatic carbocycles. The number of hydrogen-bond donors (Lipinski definition) is 1. The Balaban J connectivity index is 1.95. The van der Waals surface area contributed by atoms with E-state index in [1.807, 2.05) is 6.07 Å².